The van der Waals surface area contributed by atoms with Crippen molar-refractivity contribution in [2.75, 3.05) is 0 Å². The van der Waals surface area contributed by atoms with Crippen molar-refractivity contribution in [2.24, 2.45) is 0 Å². The summed E-state index contributed by atoms with van der Waals surface area (Å²) in [6.07, 6.45) is 4.94. The Labute approximate surface area is 76.4 Å². The molecule has 1 heteroatoms. The molecule has 0 amide bonds. The van der Waals surface area contributed by atoms with Gasteiger partial charge in [-0.1, -0.05) is 38.2 Å². The lowest BCUT2D eigenvalue weighted by molar-refractivity contribution is 1.03. The van der Waals surface area contributed by atoms with Gasteiger partial charge in [-0.2, -0.15) is 0 Å². The van der Waals surface area contributed by atoms with Crippen molar-refractivity contribution in [2.45, 2.75) is 39.8 Å². The molecule has 0 N–H and O–H groups in total. The van der Waals surface area contributed by atoms with E-state index in [0.29, 0.717) is 0 Å². The van der Waals surface area contributed by atoms with Crippen LogP contribution in [0.5, 0.6) is 0 Å². The maximum Gasteiger partial charge on any atom is 0.0918 e. The Morgan fingerprint density at radius 3 is 2.33 bits per heavy atom. The normalized spacial score (nSPS) is 25.8. The molecule has 0 spiro atoms. The molecular weight excluding hydrogens is 160 g/mol. The highest BCUT2D eigenvalue weighted by Crippen LogP contribution is 2.58. The van der Waals surface area contributed by atoms with Crippen molar-refractivity contribution < 1.29 is 0 Å². The summed E-state index contributed by atoms with van der Waals surface area (Å²) < 4.78 is 0. The van der Waals surface area contributed by atoms with Crippen LogP contribution in [0.15, 0.2) is 22.4 Å². The average Bonchev–Trinajstić information content (AvgIpc) is 2.50. The van der Waals surface area contributed by atoms with Gasteiger partial charge in [-0.05, 0) is 24.0 Å². The maximum atomic E-state index is 2.47. The Bertz CT molecular complexity index is 281. The van der Waals surface area contributed by atoms with Crippen molar-refractivity contribution in [3.63, 3.8) is 0 Å². The standard InChI is InChI=1S/C11H17Si/c1-5-8-7-10-11(9(8)6-2)12(10,3)4/h7H,5-6H2,1-4H3. The highest BCUT2D eigenvalue weighted by atomic mass is 28.3. The molecule has 1 aliphatic carbocycles. The van der Waals surface area contributed by atoms with E-state index < -0.39 is 8.07 Å². The van der Waals surface area contributed by atoms with Gasteiger partial charge in [0.05, 0.1) is 8.07 Å². The molecule has 0 aromatic carbocycles. The van der Waals surface area contributed by atoms with Gasteiger partial charge in [0, 0.05) is 5.54 Å². The van der Waals surface area contributed by atoms with Crippen molar-refractivity contribution in [3.8, 4) is 0 Å². The summed E-state index contributed by atoms with van der Waals surface area (Å²) in [6, 6.07) is 0. The molecular formula is C11H17Si. The van der Waals surface area contributed by atoms with Gasteiger partial charge in [0.15, 0.2) is 0 Å². The molecule has 65 valence electrons. The number of hydrogen-bond acceptors (Lipinski definition) is 0. The predicted octanol–water partition coefficient (Wildman–Crippen LogP) is 3.42. The van der Waals surface area contributed by atoms with Crippen molar-refractivity contribution in [1.29, 1.82) is 0 Å². The molecule has 2 aliphatic rings. The van der Waals surface area contributed by atoms with Crippen LogP contribution < -0.4 is 0 Å². The van der Waals surface area contributed by atoms with E-state index in [-0.39, 0.29) is 0 Å². The molecule has 1 saturated heterocycles. The van der Waals surface area contributed by atoms with E-state index in [4.69, 9.17) is 0 Å². The fraction of sp³-hybridized carbons (Fsp3) is 0.545. The SMILES string of the molecule is CCC1=C[C]2C(=C1CC)[Si]2(C)C. The van der Waals surface area contributed by atoms with Crippen LogP contribution in [-0.4, -0.2) is 8.07 Å². The highest BCUT2D eigenvalue weighted by molar-refractivity contribution is 7.04. The predicted molar refractivity (Wildman–Crippen MR) is 56.4 cm³/mol. The summed E-state index contributed by atoms with van der Waals surface area (Å²) in [7, 11) is -0.929. The first-order valence-corrected chi connectivity index (χ1v) is 7.95. The van der Waals surface area contributed by atoms with E-state index in [1.54, 1.807) is 21.9 Å². The first-order chi connectivity index (χ1) is 5.62. The molecule has 0 nitrogen and oxygen atoms in total. The van der Waals surface area contributed by atoms with Crippen LogP contribution in [0.3, 0.4) is 0 Å². The van der Waals surface area contributed by atoms with Gasteiger partial charge in [0.25, 0.3) is 0 Å². The third kappa shape index (κ3) is 0.832. The molecule has 1 radical (unpaired) electrons. The van der Waals surface area contributed by atoms with Gasteiger partial charge in [0.1, 0.15) is 0 Å². The minimum atomic E-state index is -0.929. The highest BCUT2D eigenvalue weighted by Gasteiger charge is 2.57. The van der Waals surface area contributed by atoms with Crippen molar-refractivity contribution in [3.05, 3.63) is 28.0 Å². The van der Waals surface area contributed by atoms with Crippen LogP contribution in [-0.2, 0) is 0 Å². The molecule has 0 saturated carbocycles. The molecule has 12 heavy (non-hydrogen) atoms. The number of allylic oxidation sites excluding steroid dienone is 4. The van der Waals surface area contributed by atoms with Crippen LogP contribution in [0.4, 0.5) is 0 Å². The van der Waals surface area contributed by atoms with E-state index in [1.807, 2.05) is 0 Å². The molecule has 0 aromatic heterocycles. The third-order valence-corrected chi connectivity index (χ3v) is 6.56. The fourth-order valence-electron chi connectivity index (χ4n) is 2.43. The van der Waals surface area contributed by atoms with E-state index in [9.17, 15) is 0 Å². The van der Waals surface area contributed by atoms with Crippen LogP contribution in [0.25, 0.3) is 0 Å². The Hall–Kier alpha value is -0.303. The Morgan fingerprint density at radius 1 is 1.17 bits per heavy atom. The Balaban J connectivity index is 2.34. The van der Waals surface area contributed by atoms with Gasteiger partial charge < -0.3 is 0 Å². The molecule has 2 rings (SSSR count). The first kappa shape index (κ1) is 8.30. The van der Waals surface area contributed by atoms with Gasteiger partial charge in [0.2, 0.25) is 0 Å². The van der Waals surface area contributed by atoms with Crippen LogP contribution in [0.2, 0.25) is 13.1 Å². The minimum absolute atomic E-state index is 0.929. The lowest BCUT2D eigenvalue weighted by atomic mass is 10.1. The number of rotatable bonds is 2. The zero-order chi connectivity index (χ0) is 8.93. The molecule has 1 heterocycles. The second kappa shape index (κ2) is 2.35. The maximum absolute atomic E-state index is 2.47. The molecule has 0 atom stereocenters. The molecule has 0 bridgehead atoms. The van der Waals surface area contributed by atoms with Crippen molar-refractivity contribution in [1.82, 2.24) is 0 Å². The van der Waals surface area contributed by atoms with Gasteiger partial charge in [-0.25, -0.2) is 0 Å². The zero-order valence-electron chi connectivity index (χ0n) is 8.49. The summed E-state index contributed by atoms with van der Waals surface area (Å²) in [5.74, 6) is 0. The Kier molecular flexibility index (Phi) is 1.62. The van der Waals surface area contributed by atoms with Gasteiger partial charge >= 0.3 is 0 Å². The molecule has 1 aliphatic heterocycles. The molecule has 1 fully saturated rings. The van der Waals surface area contributed by atoms with Crippen LogP contribution in [0.1, 0.15) is 26.7 Å². The van der Waals surface area contributed by atoms with E-state index in [2.05, 4.69) is 33.0 Å². The molecule has 0 aromatic rings. The largest absolute Gasteiger partial charge is 0.0918 e. The lowest BCUT2D eigenvalue weighted by Crippen LogP contribution is -2.07. The second-order valence-corrected chi connectivity index (χ2v) is 8.56. The average molecular weight is 177 g/mol. The minimum Gasteiger partial charge on any atom is -0.0726 e. The van der Waals surface area contributed by atoms with Gasteiger partial charge in [-0.15, -0.1) is 0 Å². The van der Waals surface area contributed by atoms with Crippen molar-refractivity contribution >= 4 is 8.07 Å². The summed E-state index contributed by atoms with van der Waals surface area (Å²) in [5.41, 5.74) is 5.06. The quantitative estimate of drug-likeness (QED) is 0.567. The molecule has 0 unspecified atom stereocenters. The topological polar surface area (TPSA) is 0 Å². The third-order valence-electron chi connectivity index (χ3n) is 3.25. The number of hydrogen-bond donors (Lipinski definition) is 0. The summed E-state index contributed by atoms with van der Waals surface area (Å²) in [6.45, 7) is 9.49. The summed E-state index contributed by atoms with van der Waals surface area (Å²) >= 11 is 0. The number of fused-ring (bicyclic) bond motifs is 1. The van der Waals surface area contributed by atoms with E-state index in [0.717, 1.165) is 0 Å². The van der Waals surface area contributed by atoms with Gasteiger partial charge in [-0.3, -0.25) is 0 Å². The monoisotopic (exact) mass is 177 g/mol. The summed E-state index contributed by atoms with van der Waals surface area (Å²) in [5, 5.41) is 1.79. The lowest BCUT2D eigenvalue weighted by Gasteiger charge is -2.08. The van der Waals surface area contributed by atoms with Crippen LogP contribution in [0, 0.1) is 5.54 Å². The van der Waals surface area contributed by atoms with E-state index >= 15 is 0 Å². The first-order valence-electron chi connectivity index (χ1n) is 4.95. The smallest absolute Gasteiger partial charge is 0.0726 e. The fourth-order valence-corrected chi connectivity index (χ4v) is 6.03. The van der Waals surface area contributed by atoms with Crippen LogP contribution >= 0.6 is 0 Å². The summed E-state index contributed by atoms with van der Waals surface area (Å²) in [4.78, 5) is 0. The Morgan fingerprint density at radius 2 is 1.83 bits per heavy atom. The second-order valence-electron chi connectivity index (χ2n) is 4.27. The zero-order valence-corrected chi connectivity index (χ0v) is 9.49. The van der Waals surface area contributed by atoms with E-state index in [1.165, 1.54) is 12.8 Å².